The minimum Gasteiger partial charge on any atom is -0.435 e. The molecule has 1 unspecified atom stereocenters. The van der Waals surface area contributed by atoms with Crippen molar-refractivity contribution >= 4 is 5.84 Å². The van der Waals surface area contributed by atoms with Gasteiger partial charge >= 0.3 is 6.61 Å². The van der Waals surface area contributed by atoms with E-state index in [1.165, 1.54) is 0 Å². The highest BCUT2D eigenvalue weighted by Gasteiger charge is 2.32. The number of ether oxygens (including phenoxy) is 2. The van der Waals surface area contributed by atoms with Crippen LogP contribution in [0.4, 0.5) is 8.78 Å². The molecule has 0 amide bonds. The van der Waals surface area contributed by atoms with Crippen LogP contribution in [0.15, 0.2) is 23.2 Å². The third-order valence-corrected chi connectivity index (χ3v) is 3.48. The van der Waals surface area contributed by atoms with E-state index in [1.807, 2.05) is 13.0 Å². The van der Waals surface area contributed by atoms with E-state index in [2.05, 4.69) is 15.0 Å². The lowest BCUT2D eigenvalue weighted by molar-refractivity contribution is -0.0522. The van der Waals surface area contributed by atoms with E-state index < -0.39 is 6.61 Å². The zero-order valence-corrected chi connectivity index (χ0v) is 11.1. The number of amidine groups is 1. The predicted molar refractivity (Wildman–Crippen MR) is 70.4 cm³/mol. The lowest BCUT2D eigenvalue weighted by atomic mass is 9.93. The summed E-state index contributed by atoms with van der Waals surface area (Å²) in [5, 5.41) is 3.18. The van der Waals surface area contributed by atoms with E-state index in [0.29, 0.717) is 13.0 Å². The van der Waals surface area contributed by atoms with Crippen molar-refractivity contribution in [2.24, 2.45) is 4.99 Å². The Hall–Kier alpha value is -1.69. The molecule has 2 aliphatic heterocycles. The largest absolute Gasteiger partial charge is 0.435 e. The Morgan fingerprint density at radius 2 is 2.30 bits per heavy atom. The molecule has 0 radical (unpaired) electrons. The molecule has 0 saturated heterocycles. The molecule has 0 aliphatic carbocycles. The van der Waals surface area contributed by atoms with Gasteiger partial charge in [0.1, 0.15) is 17.7 Å². The highest BCUT2D eigenvalue weighted by Crippen LogP contribution is 2.37. The summed E-state index contributed by atoms with van der Waals surface area (Å²) in [5.41, 5.74) is 1.64. The van der Waals surface area contributed by atoms with Crippen LogP contribution >= 0.6 is 0 Å². The Morgan fingerprint density at radius 1 is 1.45 bits per heavy atom. The van der Waals surface area contributed by atoms with Crippen LogP contribution in [0.1, 0.15) is 24.2 Å². The maximum absolute atomic E-state index is 12.5. The third-order valence-electron chi connectivity index (χ3n) is 3.48. The van der Waals surface area contributed by atoms with Gasteiger partial charge in [0, 0.05) is 18.5 Å². The molecule has 4 nitrogen and oxygen atoms in total. The molecule has 0 saturated carbocycles. The monoisotopic (exact) mass is 282 g/mol. The zero-order valence-electron chi connectivity index (χ0n) is 11.1. The van der Waals surface area contributed by atoms with Crippen molar-refractivity contribution in [3.63, 3.8) is 0 Å². The van der Waals surface area contributed by atoms with Crippen LogP contribution < -0.4 is 10.1 Å². The standard InChI is InChI=1S/C14H16F2N2O2/c1-8-7-10-9(3-2-4-11(10)20-14(15)16)12(19-8)13-17-5-6-18-13/h2-4,8,12,14H,5-7H2,1H3,(H,17,18)/t8-,12?/m1/s1. The summed E-state index contributed by atoms with van der Waals surface area (Å²) in [7, 11) is 0. The number of nitrogens with zero attached hydrogens (tertiary/aromatic N) is 1. The molecule has 3 rings (SSSR count). The summed E-state index contributed by atoms with van der Waals surface area (Å²) in [5.74, 6) is 1.00. The van der Waals surface area contributed by atoms with Crippen LogP contribution in [0, 0.1) is 0 Å². The number of hydrogen-bond donors (Lipinski definition) is 1. The second-order valence-electron chi connectivity index (χ2n) is 4.93. The molecule has 20 heavy (non-hydrogen) atoms. The number of rotatable bonds is 3. The average molecular weight is 282 g/mol. The Kier molecular flexibility index (Phi) is 3.56. The average Bonchev–Trinajstić information content (AvgIpc) is 2.92. The Balaban J connectivity index is 1.99. The van der Waals surface area contributed by atoms with Crippen molar-refractivity contribution in [3.05, 3.63) is 29.3 Å². The van der Waals surface area contributed by atoms with Crippen molar-refractivity contribution in [1.82, 2.24) is 5.32 Å². The number of aliphatic imine (C=N–C) groups is 1. The molecular formula is C14H16F2N2O2. The van der Waals surface area contributed by atoms with Gasteiger partial charge in [0.2, 0.25) is 0 Å². The highest BCUT2D eigenvalue weighted by molar-refractivity contribution is 5.89. The SMILES string of the molecule is C[C@@H]1Cc2c(OC(F)F)cccc2C(C2=NCCN2)O1. The number of alkyl halides is 2. The first-order chi connectivity index (χ1) is 9.65. The quantitative estimate of drug-likeness (QED) is 0.925. The molecule has 2 heterocycles. The molecule has 0 aromatic heterocycles. The van der Waals surface area contributed by atoms with E-state index in [-0.39, 0.29) is 18.0 Å². The van der Waals surface area contributed by atoms with Crippen LogP contribution in [0.3, 0.4) is 0 Å². The molecule has 0 spiro atoms. The lowest BCUT2D eigenvalue weighted by Crippen LogP contribution is -2.34. The molecule has 6 heteroatoms. The van der Waals surface area contributed by atoms with Crippen LogP contribution in [-0.4, -0.2) is 31.6 Å². The second-order valence-corrected chi connectivity index (χ2v) is 4.93. The van der Waals surface area contributed by atoms with Crippen molar-refractivity contribution in [2.45, 2.75) is 32.2 Å². The number of benzene rings is 1. The van der Waals surface area contributed by atoms with Crippen LogP contribution in [0.25, 0.3) is 0 Å². The summed E-state index contributed by atoms with van der Waals surface area (Å²) in [6, 6.07) is 5.16. The fourth-order valence-corrected chi connectivity index (χ4v) is 2.70. The minimum absolute atomic E-state index is 0.0694. The van der Waals surface area contributed by atoms with Gasteiger partial charge in [0.25, 0.3) is 0 Å². The maximum Gasteiger partial charge on any atom is 0.387 e. The molecule has 108 valence electrons. The minimum atomic E-state index is -2.82. The normalized spacial score (nSPS) is 25.1. The summed E-state index contributed by atoms with van der Waals surface area (Å²) in [6.45, 7) is 0.600. The summed E-state index contributed by atoms with van der Waals surface area (Å²) < 4.78 is 35.5. The molecule has 2 aliphatic rings. The molecule has 0 bridgehead atoms. The van der Waals surface area contributed by atoms with E-state index in [0.717, 1.165) is 23.5 Å². The predicted octanol–water partition coefficient (Wildman–Crippen LogP) is 2.29. The Morgan fingerprint density at radius 3 is 3.00 bits per heavy atom. The molecule has 0 fully saturated rings. The van der Waals surface area contributed by atoms with Crippen molar-refractivity contribution in [3.8, 4) is 5.75 Å². The Bertz CT molecular complexity index is 534. The van der Waals surface area contributed by atoms with E-state index in [4.69, 9.17) is 4.74 Å². The van der Waals surface area contributed by atoms with Crippen molar-refractivity contribution in [2.75, 3.05) is 13.1 Å². The van der Waals surface area contributed by atoms with Crippen molar-refractivity contribution in [1.29, 1.82) is 0 Å². The van der Waals surface area contributed by atoms with Gasteiger partial charge in [-0.15, -0.1) is 0 Å². The van der Waals surface area contributed by atoms with Gasteiger partial charge in [-0.25, -0.2) is 0 Å². The topological polar surface area (TPSA) is 42.8 Å². The van der Waals surface area contributed by atoms with Gasteiger partial charge in [-0.1, -0.05) is 12.1 Å². The van der Waals surface area contributed by atoms with Gasteiger partial charge in [0.05, 0.1) is 12.6 Å². The summed E-state index contributed by atoms with van der Waals surface area (Å²) in [4.78, 5) is 4.37. The van der Waals surface area contributed by atoms with E-state index >= 15 is 0 Å². The van der Waals surface area contributed by atoms with Gasteiger partial charge in [-0.05, 0) is 18.6 Å². The first-order valence-corrected chi connectivity index (χ1v) is 6.65. The number of fused-ring (bicyclic) bond motifs is 1. The molecule has 1 aromatic carbocycles. The van der Waals surface area contributed by atoms with E-state index in [1.54, 1.807) is 12.1 Å². The van der Waals surface area contributed by atoms with E-state index in [9.17, 15) is 8.78 Å². The summed E-state index contributed by atoms with van der Waals surface area (Å²) >= 11 is 0. The first kappa shape index (κ1) is 13.3. The summed E-state index contributed by atoms with van der Waals surface area (Å²) in [6.07, 6.45) is 0.166. The van der Waals surface area contributed by atoms with Crippen molar-refractivity contribution < 1.29 is 18.3 Å². The molecule has 1 N–H and O–H groups in total. The third kappa shape index (κ3) is 2.47. The number of halogens is 2. The Labute approximate surface area is 115 Å². The smallest absolute Gasteiger partial charge is 0.387 e. The molecule has 1 aromatic rings. The zero-order chi connectivity index (χ0) is 14.1. The highest BCUT2D eigenvalue weighted by atomic mass is 19.3. The second kappa shape index (κ2) is 5.36. The fraction of sp³-hybridized carbons (Fsp3) is 0.500. The van der Waals surface area contributed by atoms with Gasteiger partial charge in [-0.3, -0.25) is 4.99 Å². The van der Waals surface area contributed by atoms with Gasteiger partial charge < -0.3 is 14.8 Å². The molecular weight excluding hydrogens is 266 g/mol. The first-order valence-electron chi connectivity index (χ1n) is 6.65. The van der Waals surface area contributed by atoms with Crippen LogP contribution in [-0.2, 0) is 11.2 Å². The number of hydrogen-bond acceptors (Lipinski definition) is 4. The molecule has 2 atom stereocenters. The maximum atomic E-state index is 12.5. The number of nitrogens with one attached hydrogen (secondary N) is 1. The lowest BCUT2D eigenvalue weighted by Gasteiger charge is -2.31. The van der Waals surface area contributed by atoms with Gasteiger partial charge in [0.15, 0.2) is 0 Å². The van der Waals surface area contributed by atoms with Crippen LogP contribution in [0.2, 0.25) is 0 Å². The fourth-order valence-electron chi connectivity index (χ4n) is 2.70. The van der Waals surface area contributed by atoms with Gasteiger partial charge in [-0.2, -0.15) is 8.78 Å². The van der Waals surface area contributed by atoms with Crippen LogP contribution in [0.5, 0.6) is 5.75 Å².